The fourth-order valence-electron chi connectivity index (χ4n) is 2.78. The van der Waals surface area contributed by atoms with Gasteiger partial charge in [0.05, 0.1) is 13.2 Å². The fraction of sp³-hybridized carbons (Fsp3) is 0.583. The highest BCUT2D eigenvalue weighted by atomic mass is 16.6. The molecule has 11 heteroatoms. The van der Waals surface area contributed by atoms with E-state index in [0.717, 1.165) is 9.48 Å². The molecule has 0 aliphatic carbocycles. The number of urea groups is 1. The van der Waals surface area contributed by atoms with E-state index in [2.05, 4.69) is 9.98 Å². The van der Waals surface area contributed by atoms with Crippen LogP contribution in [0.15, 0.2) is 9.98 Å². The van der Waals surface area contributed by atoms with Gasteiger partial charge >= 0.3 is 11.9 Å². The highest BCUT2D eigenvalue weighted by molar-refractivity contribution is 6.69. The van der Waals surface area contributed by atoms with Gasteiger partial charge in [0.1, 0.15) is 18.3 Å². The van der Waals surface area contributed by atoms with Crippen LogP contribution in [-0.2, 0) is 9.53 Å². The van der Waals surface area contributed by atoms with E-state index in [-0.39, 0.29) is 24.1 Å². The minimum absolute atomic E-state index is 0.0653. The van der Waals surface area contributed by atoms with E-state index in [0.29, 0.717) is 0 Å². The lowest BCUT2D eigenvalue weighted by Gasteiger charge is -2.19. The number of fused-ring (bicyclic) bond motifs is 1. The van der Waals surface area contributed by atoms with Gasteiger partial charge in [-0.2, -0.15) is 19.4 Å². The number of nitrogens with two attached hydrogens (primary N) is 1. The van der Waals surface area contributed by atoms with Crippen LogP contribution in [0.4, 0.5) is 4.79 Å². The molecule has 3 aliphatic rings. The number of amidine groups is 1. The number of nitrogens with zero attached hydrogens (tertiary/aromatic N) is 4. The topological polar surface area (TPSA) is 161 Å². The first-order valence-electron chi connectivity index (χ1n) is 6.98. The number of aliphatic hydroxyl groups excluding tert-OH is 3. The number of guanidine groups is 1. The number of amides is 3. The molecule has 0 aromatic carbocycles. The number of hydrogen-bond donors (Lipinski definition) is 4. The van der Waals surface area contributed by atoms with Gasteiger partial charge in [0.15, 0.2) is 0 Å². The third-order valence-corrected chi connectivity index (χ3v) is 3.87. The van der Waals surface area contributed by atoms with E-state index in [4.69, 9.17) is 15.6 Å². The van der Waals surface area contributed by atoms with E-state index in [1.54, 1.807) is 6.92 Å². The van der Waals surface area contributed by atoms with Crippen molar-refractivity contribution in [1.82, 2.24) is 4.90 Å². The van der Waals surface area contributed by atoms with Crippen molar-refractivity contribution in [3.8, 4) is 0 Å². The summed E-state index contributed by atoms with van der Waals surface area (Å²) in [6.45, 7) is 1.28. The molecule has 0 unspecified atom stereocenters. The molecule has 3 heterocycles. The maximum absolute atomic E-state index is 12.6. The van der Waals surface area contributed by atoms with Crippen molar-refractivity contribution in [2.24, 2.45) is 15.7 Å². The number of aliphatic hydroxyl groups is 3. The van der Waals surface area contributed by atoms with Crippen LogP contribution in [-0.4, -0.2) is 91.9 Å². The van der Waals surface area contributed by atoms with E-state index in [9.17, 15) is 19.8 Å². The third-order valence-electron chi connectivity index (χ3n) is 3.87. The van der Waals surface area contributed by atoms with Crippen molar-refractivity contribution in [1.29, 1.82) is 0 Å². The number of hydrogen-bond acceptors (Lipinski definition) is 8. The molecule has 0 radical (unpaired) electrons. The first-order valence-corrected chi connectivity index (χ1v) is 6.98. The Balaban J connectivity index is 2.03. The van der Waals surface area contributed by atoms with Gasteiger partial charge in [-0.25, -0.2) is 0 Å². The normalized spacial score (nSPS) is 34.0. The largest absolute Gasteiger partial charge is 0.502 e. The summed E-state index contributed by atoms with van der Waals surface area (Å²) in [6.07, 6.45) is -5.23. The number of rotatable bonds is 3. The van der Waals surface area contributed by atoms with Gasteiger partial charge in [-0.15, -0.1) is 4.90 Å². The lowest BCUT2D eigenvalue weighted by atomic mass is 10.1. The zero-order valence-corrected chi connectivity index (χ0v) is 12.2. The third kappa shape index (κ3) is 2.16. The van der Waals surface area contributed by atoms with E-state index < -0.39 is 43.1 Å². The summed E-state index contributed by atoms with van der Waals surface area (Å²) in [5.74, 6) is -1.14. The number of carbonyl (C=O) groups is 2. The van der Waals surface area contributed by atoms with Crippen LogP contribution in [0.2, 0.25) is 0 Å². The second-order valence-corrected chi connectivity index (χ2v) is 5.18. The van der Waals surface area contributed by atoms with Gasteiger partial charge in [0, 0.05) is 0 Å². The second-order valence-electron chi connectivity index (χ2n) is 5.18. The molecule has 3 rings (SSSR count). The second kappa shape index (κ2) is 5.45. The van der Waals surface area contributed by atoms with Gasteiger partial charge in [-0.05, 0) is 6.92 Å². The Morgan fingerprint density at radius 2 is 2.00 bits per heavy atom. The Labute approximate surface area is 130 Å². The molecule has 0 aromatic heterocycles. The minimum atomic E-state index is -1.48. The Morgan fingerprint density at radius 1 is 1.30 bits per heavy atom. The van der Waals surface area contributed by atoms with E-state index in [1.165, 1.54) is 0 Å². The molecular formula is C12H16N5O6+. The van der Waals surface area contributed by atoms with Gasteiger partial charge in [-0.1, -0.05) is 0 Å². The summed E-state index contributed by atoms with van der Waals surface area (Å²) in [7, 11) is 0. The molecule has 5 N–H and O–H groups in total. The van der Waals surface area contributed by atoms with Crippen molar-refractivity contribution in [2.75, 3.05) is 13.2 Å². The average Bonchev–Trinajstić information content (AvgIpc) is 2.94. The van der Waals surface area contributed by atoms with Crippen LogP contribution in [0.1, 0.15) is 6.92 Å². The molecule has 1 saturated heterocycles. The first-order chi connectivity index (χ1) is 10.9. The summed E-state index contributed by atoms with van der Waals surface area (Å²) in [5, 5.41) is 29.1. The zero-order chi connectivity index (χ0) is 16.9. The molecule has 3 aliphatic heterocycles. The summed E-state index contributed by atoms with van der Waals surface area (Å²) >= 11 is 0. The minimum Gasteiger partial charge on any atom is -0.394 e. The zero-order valence-electron chi connectivity index (χ0n) is 12.2. The molecule has 124 valence electrons. The number of aliphatic imine (C=N–C) groups is 2. The van der Waals surface area contributed by atoms with Crippen molar-refractivity contribution in [2.45, 2.75) is 31.5 Å². The predicted molar refractivity (Wildman–Crippen MR) is 74.9 cm³/mol. The maximum atomic E-state index is 12.6. The van der Waals surface area contributed by atoms with Crippen molar-refractivity contribution >= 4 is 29.4 Å². The van der Waals surface area contributed by atoms with Crippen LogP contribution in [0.5, 0.6) is 0 Å². The summed E-state index contributed by atoms with van der Waals surface area (Å²) in [4.78, 5) is 32.9. The van der Waals surface area contributed by atoms with Crippen LogP contribution in [0.25, 0.3) is 0 Å². The number of ether oxygens (including phenoxy) is 1. The van der Waals surface area contributed by atoms with Crippen molar-refractivity contribution < 1.29 is 34.2 Å². The lowest BCUT2D eigenvalue weighted by molar-refractivity contribution is -0.424. The summed E-state index contributed by atoms with van der Waals surface area (Å²) in [6, 6.07) is -0.658. The number of carbonyl (C=O) groups excluding carboxylic acids is 2. The molecular weight excluding hydrogens is 310 g/mol. The molecule has 0 saturated carbocycles. The maximum Gasteiger partial charge on any atom is 0.502 e. The highest BCUT2D eigenvalue weighted by Gasteiger charge is 2.59. The summed E-state index contributed by atoms with van der Waals surface area (Å²) < 4.78 is 6.47. The first kappa shape index (κ1) is 15.7. The smallest absolute Gasteiger partial charge is 0.394 e. The van der Waals surface area contributed by atoms with Crippen LogP contribution >= 0.6 is 0 Å². The monoisotopic (exact) mass is 326 g/mol. The Hall–Kier alpha value is -2.21. The van der Waals surface area contributed by atoms with Gasteiger partial charge in [0.25, 0.3) is 11.5 Å². The fourth-order valence-corrected chi connectivity index (χ4v) is 2.78. The standard InChI is InChI=1S/C12H15N5O6/c1-2-16-5-8(14-11(13)15-9(5)21)17(12(16)22)10-7(20)6(19)4(3-18)23-10/h4,6-7,10,18-20H,2-3H2,1H3,(H-,13,15,21)/p+1/t4-,6-,7-,10-/m1/s1. The van der Waals surface area contributed by atoms with Gasteiger partial charge in [0.2, 0.25) is 12.2 Å². The highest BCUT2D eigenvalue weighted by Crippen LogP contribution is 2.27. The summed E-state index contributed by atoms with van der Waals surface area (Å²) in [5.41, 5.74) is 5.40. The molecule has 23 heavy (non-hydrogen) atoms. The molecule has 4 atom stereocenters. The van der Waals surface area contributed by atoms with Gasteiger partial charge < -0.3 is 25.8 Å². The average molecular weight is 326 g/mol. The van der Waals surface area contributed by atoms with Crippen LogP contribution in [0.3, 0.4) is 0 Å². The molecule has 0 spiro atoms. The van der Waals surface area contributed by atoms with Crippen molar-refractivity contribution in [3.63, 3.8) is 0 Å². The molecule has 0 bridgehead atoms. The molecule has 11 nitrogen and oxygen atoms in total. The van der Waals surface area contributed by atoms with E-state index in [1.807, 2.05) is 0 Å². The predicted octanol–water partition coefficient (Wildman–Crippen LogP) is -3.41. The van der Waals surface area contributed by atoms with Gasteiger partial charge in [-0.3, -0.25) is 4.79 Å². The quantitative estimate of drug-likeness (QED) is 0.393. The SMILES string of the molecule is CC[N+]1=C2C(=O)N=C(N)N=C2N([C@@H]2O[C@H](CO)[C@@H](O)[C@H]2O)C1=O. The van der Waals surface area contributed by atoms with E-state index >= 15 is 0 Å². The molecule has 0 aromatic rings. The lowest BCUT2D eigenvalue weighted by Crippen LogP contribution is -2.50. The van der Waals surface area contributed by atoms with Crippen LogP contribution in [0, 0.1) is 0 Å². The Morgan fingerprint density at radius 3 is 2.57 bits per heavy atom. The Kier molecular flexibility index (Phi) is 3.72. The Bertz CT molecular complexity index is 671. The molecule has 1 fully saturated rings. The molecule has 3 amide bonds. The van der Waals surface area contributed by atoms with Crippen LogP contribution < -0.4 is 5.73 Å². The van der Waals surface area contributed by atoms with Crippen molar-refractivity contribution in [3.05, 3.63) is 0 Å².